The fraction of sp³-hybridized carbons (Fsp3) is 0.182. The summed E-state index contributed by atoms with van der Waals surface area (Å²) >= 11 is 0. The van der Waals surface area contributed by atoms with Gasteiger partial charge in [0.15, 0.2) is 0 Å². The van der Waals surface area contributed by atoms with Crippen LogP contribution in [0, 0.1) is 0 Å². The Balaban J connectivity index is 2.28. The number of benzene rings is 1. The summed E-state index contributed by atoms with van der Waals surface area (Å²) in [5.74, 6) is 0. The van der Waals surface area contributed by atoms with Crippen molar-refractivity contribution >= 4 is 5.71 Å². The highest BCUT2D eigenvalue weighted by atomic mass is 15.5. The van der Waals surface area contributed by atoms with Crippen molar-refractivity contribution < 1.29 is 4.68 Å². The molecular weight excluding hydrogens is 188 g/mol. The second-order valence-corrected chi connectivity index (χ2v) is 3.35. The monoisotopic (exact) mass is 201 g/mol. The molecule has 2 rings (SSSR count). The van der Waals surface area contributed by atoms with Crippen molar-refractivity contribution in [3.8, 4) is 0 Å². The molecule has 0 spiro atoms. The van der Waals surface area contributed by atoms with Crippen molar-refractivity contribution in [2.45, 2.75) is 6.92 Å². The maximum atomic E-state index is 4.40. The maximum absolute atomic E-state index is 4.40. The van der Waals surface area contributed by atoms with Crippen molar-refractivity contribution in [2.75, 3.05) is 0 Å². The number of hydrogen-bond acceptors (Lipinski definition) is 2. The first-order valence-corrected chi connectivity index (χ1v) is 4.76. The molecule has 0 bridgehead atoms. The minimum Gasteiger partial charge on any atom is -0.116 e. The van der Waals surface area contributed by atoms with Gasteiger partial charge < -0.3 is 0 Å². The van der Waals surface area contributed by atoms with Crippen molar-refractivity contribution in [3.05, 3.63) is 48.5 Å². The molecule has 76 valence electrons. The van der Waals surface area contributed by atoms with Crippen molar-refractivity contribution in [1.82, 2.24) is 9.78 Å². The highest BCUT2D eigenvalue weighted by Gasteiger charge is 2.01. The van der Waals surface area contributed by atoms with E-state index in [1.54, 1.807) is 15.7 Å². The van der Waals surface area contributed by atoms with Gasteiger partial charge in [-0.1, -0.05) is 30.3 Å². The normalized spacial score (nSPS) is 11.7. The van der Waals surface area contributed by atoms with E-state index in [1.807, 2.05) is 50.6 Å². The SMILES string of the molecule is C/C(=N/[n+]1cnn(C)c1)c1ccccc1. The van der Waals surface area contributed by atoms with Crippen LogP contribution in [-0.2, 0) is 7.05 Å². The first-order valence-electron chi connectivity index (χ1n) is 4.76. The second-order valence-electron chi connectivity index (χ2n) is 3.35. The number of aromatic nitrogens is 3. The zero-order valence-corrected chi connectivity index (χ0v) is 8.83. The van der Waals surface area contributed by atoms with Gasteiger partial charge in [-0.15, -0.1) is 14.5 Å². The van der Waals surface area contributed by atoms with E-state index in [0.717, 1.165) is 11.3 Å². The number of aryl methyl sites for hydroxylation is 1. The van der Waals surface area contributed by atoms with Crippen LogP contribution in [-0.4, -0.2) is 15.5 Å². The molecular formula is C11H13N4+. The van der Waals surface area contributed by atoms with Gasteiger partial charge in [-0.05, 0) is 12.5 Å². The lowest BCUT2D eigenvalue weighted by Crippen LogP contribution is -2.26. The summed E-state index contributed by atoms with van der Waals surface area (Å²) in [7, 11) is 1.86. The maximum Gasteiger partial charge on any atom is 0.288 e. The topological polar surface area (TPSA) is 34.1 Å². The third kappa shape index (κ3) is 2.28. The lowest BCUT2D eigenvalue weighted by atomic mass is 10.1. The Labute approximate surface area is 88.5 Å². The highest BCUT2D eigenvalue weighted by molar-refractivity contribution is 5.98. The Morgan fingerprint density at radius 3 is 2.67 bits per heavy atom. The Hall–Kier alpha value is -1.97. The molecule has 0 aliphatic heterocycles. The molecule has 0 atom stereocenters. The molecule has 1 aromatic heterocycles. The van der Waals surface area contributed by atoms with Crippen LogP contribution < -0.4 is 4.68 Å². The summed E-state index contributed by atoms with van der Waals surface area (Å²) < 4.78 is 3.41. The molecule has 15 heavy (non-hydrogen) atoms. The predicted molar refractivity (Wildman–Crippen MR) is 57.5 cm³/mol. The van der Waals surface area contributed by atoms with E-state index in [0.29, 0.717) is 0 Å². The van der Waals surface area contributed by atoms with E-state index in [1.165, 1.54) is 0 Å². The van der Waals surface area contributed by atoms with Crippen LogP contribution in [0.25, 0.3) is 0 Å². The van der Waals surface area contributed by atoms with Gasteiger partial charge in [0.05, 0.1) is 12.8 Å². The first-order chi connectivity index (χ1) is 7.25. The molecule has 1 aromatic carbocycles. The predicted octanol–water partition coefficient (Wildman–Crippen LogP) is 0.980. The van der Waals surface area contributed by atoms with Crippen LogP contribution in [0.1, 0.15) is 12.5 Å². The molecule has 0 aliphatic carbocycles. The van der Waals surface area contributed by atoms with Gasteiger partial charge in [-0.2, -0.15) is 0 Å². The quantitative estimate of drug-likeness (QED) is 0.527. The average molecular weight is 201 g/mol. The smallest absolute Gasteiger partial charge is 0.116 e. The lowest BCUT2D eigenvalue weighted by Gasteiger charge is -1.96. The van der Waals surface area contributed by atoms with Gasteiger partial charge >= 0.3 is 0 Å². The Morgan fingerprint density at radius 2 is 2.07 bits per heavy atom. The number of hydrogen-bond donors (Lipinski definition) is 0. The summed E-state index contributed by atoms with van der Waals surface area (Å²) in [6, 6.07) is 10.1. The number of rotatable bonds is 2. The fourth-order valence-corrected chi connectivity index (χ4v) is 1.33. The van der Waals surface area contributed by atoms with E-state index >= 15 is 0 Å². The van der Waals surface area contributed by atoms with Gasteiger partial charge in [-0.3, -0.25) is 0 Å². The third-order valence-electron chi connectivity index (χ3n) is 2.09. The van der Waals surface area contributed by atoms with Gasteiger partial charge in [0.2, 0.25) is 6.33 Å². The molecule has 0 aliphatic rings. The van der Waals surface area contributed by atoms with Crippen LogP contribution in [0.4, 0.5) is 0 Å². The molecule has 0 amide bonds. The van der Waals surface area contributed by atoms with Crippen LogP contribution in [0.5, 0.6) is 0 Å². The zero-order valence-electron chi connectivity index (χ0n) is 8.83. The summed E-state index contributed by atoms with van der Waals surface area (Å²) in [6.07, 6.45) is 3.48. The van der Waals surface area contributed by atoms with Crippen molar-refractivity contribution in [3.63, 3.8) is 0 Å². The van der Waals surface area contributed by atoms with Gasteiger partial charge in [0, 0.05) is 5.10 Å². The second kappa shape index (κ2) is 4.04. The molecule has 0 saturated heterocycles. The van der Waals surface area contributed by atoms with Crippen LogP contribution in [0.2, 0.25) is 0 Å². The summed E-state index contributed by atoms with van der Waals surface area (Å²) in [5, 5.41) is 8.44. The summed E-state index contributed by atoms with van der Waals surface area (Å²) in [6.45, 7) is 1.98. The molecule has 0 N–H and O–H groups in total. The molecule has 0 unspecified atom stereocenters. The van der Waals surface area contributed by atoms with Crippen LogP contribution in [0.15, 0.2) is 48.1 Å². The first kappa shape index (κ1) is 9.58. The molecule has 2 aromatic rings. The van der Waals surface area contributed by atoms with E-state index in [-0.39, 0.29) is 0 Å². The van der Waals surface area contributed by atoms with Crippen molar-refractivity contribution in [1.29, 1.82) is 0 Å². The number of nitrogens with zero attached hydrogens (tertiary/aromatic N) is 4. The Morgan fingerprint density at radius 1 is 1.33 bits per heavy atom. The molecule has 1 heterocycles. The van der Waals surface area contributed by atoms with Crippen LogP contribution >= 0.6 is 0 Å². The molecule has 0 radical (unpaired) electrons. The van der Waals surface area contributed by atoms with E-state index in [2.05, 4.69) is 10.2 Å². The van der Waals surface area contributed by atoms with E-state index < -0.39 is 0 Å². The third-order valence-corrected chi connectivity index (χ3v) is 2.09. The van der Waals surface area contributed by atoms with Gasteiger partial charge in [0.25, 0.3) is 6.33 Å². The standard InChI is InChI=1S/C11H13N4/c1-10(11-6-4-3-5-7-11)13-15-8-12-14(2)9-15/h3-9H,1-2H3/q+1/b13-10-. The zero-order chi connectivity index (χ0) is 10.7. The molecule has 0 saturated carbocycles. The van der Waals surface area contributed by atoms with E-state index in [9.17, 15) is 0 Å². The van der Waals surface area contributed by atoms with Gasteiger partial charge in [0.1, 0.15) is 0 Å². The lowest BCUT2D eigenvalue weighted by molar-refractivity contribution is -0.679. The summed E-state index contributed by atoms with van der Waals surface area (Å²) in [4.78, 5) is 0. The Kier molecular flexibility index (Phi) is 2.58. The largest absolute Gasteiger partial charge is 0.288 e. The van der Waals surface area contributed by atoms with Crippen LogP contribution in [0.3, 0.4) is 0 Å². The van der Waals surface area contributed by atoms with E-state index in [4.69, 9.17) is 0 Å². The molecule has 4 heteroatoms. The Bertz CT molecular complexity index is 470. The minimum atomic E-state index is 0.966. The average Bonchev–Trinajstić information content (AvgIpc) is 2.65. The van der Waals surface area contributed by atoms with Crippen molar-refractivity contribution in [2.24, 2.45) is 12.1 Å². The minimum absolute atomic E-state index is 0.966. The fourth-order valence-electron chi connectivity index (χ4n) is 1.33. The molecule has 0 fully saturated rings. The van der Waals surface area contributed by atoms with Gasteiger partial charge in [-0.25, -0.2) is 0 Å². The summed E-state index contributed by atoms with van der Waals surface area (Å²) in [5.41, 5.74) is 2.09. The molecule has 4 nitrogen and oxygen atoms in total. The highest BCUT2D eigenvalue weighted by Crippen LogP contribution is 1.99.